The van der Waals surface area contributed by atoms with Crippen molar-refractivity contribution in [1.82, 2.24) is 20.2 Å². The van der Waals surface area contributed by atoms with Crippen LogP contribution < -0.4 is 15.5 Å². The molecule has 126 valence electrons. The van der Waals surface area contributed by atoms with Crippen LogP contribution in [0.4, 0.5) is 16.4 Å². The van der Waals surface area contributed by atoms with E-state index in [0.717, 1.165) is 38.5 Å². The Balaban J connectivity index is 1.53. The highest BCUT2D eigenvalue weighted by atomic mass is 16.2. The molecule has 2 N–H and O–H groups in total. The van der Waals surface area contributed by atoms with E-state index >= 15 is 0 Å². The molecule has 23 heavy (non-hydrogen) atoms. The molecule has 0 radical (unpaired) electrons. The molecule has 1 saturated carbocycles. The number of rotatable bonds is 5. The summed E-state index contributed by atoms with van der Waals surface area (Å²) in [6.07, 6.45) is 3.96. The number of aromatic nitrogens is 2. The van der Waals surface area contributed by atoms with E-state index in [1.165, 1.54) is 19.2 Å². The smallest absolute Gasteiger partial charge is 0.320 e. The van der Waals surface area contributed by atoms with E-state index < -0.39 is 0 Å². The highest BCUT2D eigenvalue weighted by Crippen LogP contribution is 2.27. The highest BCUT2D eigenvalue weighted by Gasteiger charge is 2.22. The fourth-order valence-electron chi connectivity index (χ4n) is 2.78. The molecule has 1 aromatic rings. The van der Waals surface area contributed by atoms with Crippen molar-refractivity contribution in [3.05, 3.63) is 12.4 Å². The predicted molar refractivity (Wildman–Crippen MR) is 90.7 cm³/mol. The molecule has 0 aromatic carbocycles. The van der Waals surface area contributed by atoms with Gasteiger partial charge in [-0.2, -0.15) is 0 Å². The van der Waals surface area contributed by atoms with Gasteiger partial charge >= 0.3 is 6.03 Å². The Morgan fingerprint density at radius 1 is 1.26 bits per heavy atom. The van der Waals surface area contributed by atoms with E-state index in [4.69, 9.17) is 0 Å². The molecule has 2 aliphatic rings. The molecule has 0 bridgehead atoms. The second kappa shape index (κ2) is 7.12. The fourth-order valence-corrected chi connectivity index (χ4v) is 2.78. The molecule has 0 spiro atoms. The number of hydrogen-bond acceptors (Lipinski definition) is 5. The molecule has 0 atom stereocenters. The average Bonchev–Trinajstić information content (AvgIpc) is 3.38. The third kappa shape index (κ3) is 4.54. The van der Waals surface area contributed by atoms with Gasteiger partial charge in [0.05, 0.1) is 0 Å². The van der Waals surface area contributed by atoms with Crippen molar-refractivity contribution in [2.45, 2.75) is 32.7 Å². The largest absolute Gasteiger partial charge is 0.354 e. The molecule has 2 fully saturated rings. The van der Waals surface area contributed by atoms with Crippen LogP contribution in [0.1, 0.15) is 26.7 Å². The van der Waals surface area contributed by atoms with Crippen molar-refractivity contribution >= 4 is 17.7 Å². The number of nitrogens with zero attached hydrogens (tertiary/aromatic N) is 4. The number of amides is 2. The van der Waals surface area contributed by atoms with Crippen LogP contribution >= 0.6 is 0 Å². The van der Waals surface area contributed by atoms with Crippen molar-refractivity contribution in [3.8, 4) is 0 Å². The quantitative estimate of drug-likeness (QED) is 0.861. The predicted octanol–water partition coefficient (Wildman–Crippen LogP) is 1.54. The van der Waals surface area contributed by atoms with Crippen molar-refractivity contribution in [3.63, 3.8) is 0 Å². The van der Waals surface area contributed by atoms with Crippen LogP contribution in [0.15, 0.2) is 12.4 Å². The molecular weight excluding hydrogens is 292 g/mol. The van der Waals surface area contributed by atoms with Crippen LogP contribution in [0.2, 0.25) is 0 Å². The SMILES string of the molecule is CC(C)N1CCN(c2cc(NC(=O)NCC3CC3)ncn2)CC1. The fraction of sp³-hybridized carbons (Fsp3) is 0.688. The van der Waals surface area contributed by atoms with Crippen molar-refractivity contribution in [2.24, 2.45) is 5.92 Å². The number of carbonyl (C=O) groups is 1. The Labute approximate surface area is 137 Å². The van der Waals surface area contributed by atoms with Crippen molar-refractivity contribution in [2.75, 3.05) is 42.9 Å². The Bertz CT molecular complexity index is 537. The minimum absolute atomic E-state index is 0.189. The summed E-state index contributed by atoms with van der Waals surface area (Å²) < 4.78 is 0. The zero-order valence-corrected chi connectivity index (χ0v) is 14.0. The minimum Gasteiger partial charge on any atom is -0.354 e. The average molecular weight is 318 g/mol. The van der Waals surface area contributed by atoms with Gasteiger partial charge in [-0.3, -0.25) is 10.2 Å². The van der Waals surface area contributed by atoms with E-state index in [-0.39, 0.29) is 6.03 Å². The second-order valence-electron chi connectivity index (χ2n) is 6.66. The van der Waals surface area contributed by atoms with Gasteiger partial charge in [0, 0.05) is 44.8 Å². The third-order valence-electron chi connectivity index (χ3n) is 4.51. The summed E-state index contributed by atoms with van der Waals surface area (Å²) in [4.78, 5) is 25.0. The molecule has 1 aliphatic heterocycles. The number of piperazine rings is 1. The van der Waals surface area contributed by atoms with Crippen molar-refractivity contribution < 1.29 is 4.79 Å². The summed E-state index contributed by atoms with van der Waals surface area (Å²) >= 11 is 0. The van der Waals surface area contributed by atoms with E-state index in [9.17, 15) is 4.79 Å². The lowest BCUT2D eigenvalue weighted by molar-refractivity contribution is 0.209. The van der Waals surface area contributed by atoms with Gasteiger partial charge in [-0.15, -0.1) is 0 Å². The van der Waals surface area contributed by atoms with E-state index in [2.05, 4.69) is 44.2 Å². The van der Waals surface area contributed by atoms with Crippen LogP contribution in [-0.2, 0) is 0 Å². The Morgan fingerprint density at radius 3 is 2.65 bits per heavy atom. The summed E-state index contributed by atoms with van der Waals surface area (Å²) in [5.41, 5.74) is 0. The lowest BCUT2D eigenvalue weighted by Gasteiger charge is -2.37. The van der Waals surface area contributed by atoms with Crippen LogP contribution in [-0.4, -0.2) is 59.7 Å². The maximum atomic E-state index is 11.8. The van der Waals surface area contributed by atoms with Crippen LogP contribution in [0.5, 0.6) is 0 Å². The number of nitrogens with one attached hydrogen (secondary N) is 2. The summed E-state index contributed by atoms with van der Waals surface area (Å²) in [5.74, 6) is 2.09. The van der Waals surface area contributed by atoms with Crippen molar-refractivity contribution in [1.29, 1.82) is 0 Å². The summed E-state index contributed by atoms with van der Waals surface area (Å²) in [6, 6.07) is 2.24. The highest BCUT2D eigenvalue weighted by molar-refractivity contribution is 5.88. The van der Waals surface area contributed by atoms with Crippen LogP contribution in [0.25, 0.3) is 0 Å². The Hall–Kier alpha value is -1.89. The van der Waals surface area contributed by atoms with Gasteiger partial charge < -0.3 is 10.2 Å². The molecule has 2 amide bonds. The van der Waals surface area contributed by atoms with Gasteiger partial charge in [0.15, 0.2) is 0 Å². The summed E-state index contributed by atoms with van der Waals surface area (Å²) in [5, 5.41) is 5.67. The topological polar surface area (TPSA) is 73.4 Å². The maximum absolute atomic E-state index is 11.8. The molecule has 7 heteroatoms. The first kappa shape index (κ1) is 16.0. The summed E-state index contributed by atoms with van der Waals surface area (Å²) in [7, 11) is 0. The standard InChI is InChI=1S/C16H26N6O/c1-12(2)21-5-7-22(8-6-21)15-9-14(18-11-19-15)20-16(23)17-10-13-3-4-13/h9,11-13H,3-8,10H2,1-2H3,(H2,17,18,19,20,23). The van der Waals surface area contributed by atoms with Gasteiger partial charge in [0.2, 0.25) is 0 Å². The van der Waals surface area contributed by atoms with Gasteiger partial charge in [0.25, 0.3) is 0 Å². The zero-order valence-electron chi connectivity index (χ0n) is 14.0. The normalized spacial score (nSPS) is 19.0. The molecule has 0 unspecified atom stereocenters. The Kier molecular flexibility index (Phi) is 4.95. The molecule has 1 aromatic heterocycles. The number of anilines is 2. The number of hydrogen-bond donors (Lipinski definition) is 2. The lowest BCUT2D eigenvalue weighted by Crippen LogP contribution is -2.49. The molecule has 2 heterocycles. The molecule has 3 rings (SSSR count). The Morgan fingerprint density at radius 2 is 2.00 bits per heavy atom. The zero-order chi connectivity index (χ0) is 16.2. The molecular formula is C16H26N6O. The molecule has 1 saturated heterocycles. The van der Waals surface area contributed by atoms with Crippen LogP contribution in [0.3, 0.4) is 0 Å². The van der Waals surface area contributed by atoms with E-state index in [1.54, 1.807) is 0 Å². The molecule has 7 nitrogen and oxygen atoms in total. The van der Waals surface area contributed by atoms with E-state index in [1.807, 2.05) is 6.07 Å². The van der Waals surface area contributed by atoms with Gasteiger partial charge in [-0.1, -0.05) is 0 Å². The first-order valence-corrected chi connectivity index (χ1v) is 8.47. The monoisotopic (exact) mass is 318 g/mol. The van der Waals surface area contributed by atoms with Gasteiger partial charge in [0.1, 0.15) is 18.0 Å². The third-order valence-corrected chi connectivity index (χ3v) is 4.51. The second-order valence-corrected chi connectivity index (χ2v) is 6.66. The maximum Gasteiger partial charge on any atom is 0.320 e. The first-order chi connectivity index (χ1) is 11.1. The number of carbonyl (C=O) groups excluding carboxylic acids is 1. The van der Waals surface area contributed by atoms with Crippen LogP contribution in [0, 0.1) is 5.92 Å². The molecule has 1 aliphatic carbocycles. The minimum atomic E-state index is -0.189. The lowest BCUT2D eigenvalue weighted by atomic mass is 10.2. The van der Waals surface area contributed by atoms with E-state index in [0.29, 0.717) is 17.8 Å². The summed E-state index contributed by atoms with van der Waals surface area (Å²) in [6.45, 7) is 9.16. The number of urea groups is 1. The van der Waals surface area contributed by atoms with Gasteiger partial charge in [-0.05, 0) is 32.6 Å². The van der Waals surface area contributed by atoms with Gasteiger partial charge in [-0.25, -0.2) is 14.8 Å². The first-order valence-electron chi connectivity index (χ1n) is 8.47.